The highest BCUT2D eigenvalue weighted by Crippen LogP contribution is 2.25. The fourth-order valence-electron chi connectivity index (χ4n) is 2.56. The van der Waals surface area contributed by atoms with Gasteiger partial charge in [0.05, 0.1) is 0 Å². The molecule has 0 saturated carbocycles. The van der Waals surface area contributed by atoms with Gasteiger partial charge in [-0.05, 0) is 48.2 Å². The predicted molar refractivity (Wildman–Crippen MR) is 95.5 cm³/mol. The molecule has 1 aromatic heterocycles. The van der Waals surface area contributed by atoms with Crippen LogP contribution in [0.15, 0.2) is 46.9 Å². The van der Waals surface area contributed by atoms with Crippen molar-refractivity contribution in [2.75, 3.05) is 0 Å². The van der Waals surface area contributed by atoms with Gasteiger partial charge in [0.15, 0.2) is 5.58 Å². The van der Waals surface area contributed by atoms with Crippen molar-refractivity contribution in [3.63, 3.8) is 0 Å². The van der Waals surface area contributed by atoms with Crippen LogP contribution in [0.4, 0.5) is 0 Å². The van der Waals surface area contributed by atoms with E-state index >= 15 is 0 Å². The monoisotopic (exact) mass is 322 g/mol. The second kappa shape index (κ2) is 6.87. The van der Waals surface area contributed by atoms with Crippen LogP contribution < -0.4 is 5.32 Å². The summed E-state index contributed by atoms with van der Waals surface area (Å²) in [6, 6.07) is 13.9. The van der Waals surface area contributed by atoms with Crippen LogP contribution in [0.1, 0.15) is 31.4 Å². The number of fused-ring (bicyclic) bond motifs is 1. The van der Waals surface area contributed by atoms with Crippen LogP contribution in [0, 0.1) is 12.8 Å². The van der Waals surface area contributed by atoms with Gasteiger partial charge in [-0.1, -0.05) is 32.0 Å². The van der Waals surface area contributed by atoms with Gasteiger partial charge >= 0.3 is 0 Å². The van der Waals surface area contributed by atoms with Gasteiger partial charge in [-0.2, -0.15) is 0 Å². The molecular formula is C20H22N2O2. The number of hydrogen-bond donors (Lipinski definition) is 1. The minimum atomic E-state index is 0.0865. The quantitative estimate of drug-likeness (QED) is 0.754. The summed E-state index contributed by atoms with van der Waals surface area (Å²) >= 11 is 0. The molecule has 1 N–H and O–H groups in total. The van der Waals surface area contributed by atoms with E-state index in [2.05, 4.69) is 10.3 Å². The summed E-state index contributed by atoms with van der Waals surface area (Å²) < 4.78 is 5.84. The molecule has 0 radical (unpaired) electrons. The zero-order valence-corrected chi connectivity index (χ0v) is 14.3. The lowest BCUT2D eigenvalue weighted by molar-refractivity contribution is -0.121. The van der Waals surface area contributed by atoms with Crippen LogP contribution in [0.5, 0.6) is 0 Å². The number of benzene rings is 2. The lowest BCUT2D eigenvalue weighted by Gasteiger charge is -2.07. The van der Waals surface area contributed by atoms with Gasteiger partial charge in [0.1, 0.15) is 5.52 Å². The first-order chi connectivity index (χ1) is 11.5. The van der Waals surface area contributed by atoms with Crippen molar-refractivity contribution in [1.82, 2.24) is 10.3 Å². The number of carbonyl (C=O) groups excluding carboxylic acids is 1. The highest BCUT2D eigenvalue weighted by atomic mass is 16.3. The highest BCUT2D eigenvalue weighted by molar-refractivity contribution is 5.77. The standard InChI is InChI=1S/C20H22N2O2/c1-13(2)10-19(23)21-12-15-5-7-16(8-6-15)20-22-17-9-4-14(3)11-18(17)24-20/h4-9,11,13H,10,12H2,1-3H3,(H,21,23). The molecule has 0 atom stereocenters. The molecule has 4 heteroatoms. The molecule has 0 bridgehead atoms. The van der Waals surface area contributed by atoms with Gasteiger partial charge in [-0.3, -0.25) is 4.79 Å². The molecule has 24 heavy (non-hydrogen) atoms. The lowest BCUT2D eigenvalue weighted by atomic mass is 10.1. The SMILES string of the molecule is Cc1ccc2nc(-c3ccc(CNC(=O)CC(C)C)cc3)oc2c1. The maximum atomic E-state index is 11.7. The van der Waals surface area contributed by atoms with E-state index in [-0.39, 0.29) is 5.91 Å². The molecule has 0 spiro atoms. The molecule has 0 fully saturated rings. The molecule has 0 aliphatic rings. The average Bonchev–Trinajstić information content (AvgIpc) is 2.96. The second-order valence-electron chi connectivity index (χ2n) is 6.56. The van der Waals surface area contributed by atoms with Gasteiger partial charge in [-0.15, -0.1) is 0 Å². The van der Waals surface area contributed by atoms with Gasteiger partial charge in [-0.25, -0.2) is 4.98 Å². The number of nitrogens with zero attached hydrogens (tertiary/aromatic N) is 1. The van der Waals surface area contributed by atoms with Gasteiger partial charge in [0.2, 0.25) is 11.8 Å². The van der Waals surface area contributed by atoms with E-state index in [9.17, 15) is 4.79 Å². The fourth-order valence-corrected chi connectivity index (χ4v) is 2.56. The highest BCUT2D eigenvalue weighted by Gasteiger charge is 2.09. The summed E-state index contributed by atoms with van der Waals surface area (Å²) in [4.78, 5) is 16.2. The number of aryl methyl sites for hydroxylation is 1. The number of rotatable bonds is 5. The van der Waals surface area contributed by atoms with E-state index < -0.39 is 0 Å². The normalized spacial score (nSPS) is 11.2. The number of aromatic nitrogens is 1. The molecule has 3 rings (SSSR count). The summed E-state index contributed by atoms with van der Waals surface area (Å²) in [6.45, 7) is 6.65. The van der Waals surface area contributed by atoms with Crippen molar-refractivity contribution >= 4 is 17.0 Å². The Kier molecular flexibility index (Phi) is 4.65. The third-order valence-electron chi connectivity index (χ3n) is 3.83. The Hall–Kier alpha value is -2.62. The zero-order chi connectivity index (χ0) is 17.1. The Morgan fingerprint density at radius 1 is 1.17 bits per heavy atom. The maximum absolute atomic E-state index is 11.7. The minimum Gasteiger partial charge on any atom is -0.436 e. The fraction of sp³-hybridized carbons (Fsp3) is 0.300. The molecule has 2 aromatic carbocycles. The van der Waals surface area contributed by atoms with E-state index in [1.54, 1.807) is 0 Å². The van der Waals surface area contributed by atoms with Gasteiger partial charge in [0, 0.05) is 18.5 Å². The summed E-state index contributed by atoms with van der Waals surface area (Å²) in [5, 5.41) is 2.94. The van der Waals surface area contributed by atoms with Gasteiger partial charge < -0.3 is 9.73 Å². The molecule has 0 aliphatic heterocycles. The topological polar surface area (TPSA) is 55.1 Å². The second-order valence-corrected chi connectivity index (χ2v) is 6.56. The van der Waals surface area contributed by atoms with E-state index in [4.69, 9.17) is 4.42 Å². The van der Waals surface area contributed by atoms with Crippen LogP contribution in [-0.4, -0.2) is 10.9 Å². The number of hydrogen-bond acceptors (Lipinski definition) is 3. The van der Waals surface area contributed by atoms with E-state index in [1.807, 2.05) is 63.2 Å². The molecule has 3 aromatic rings. The van der Waals surface area contributed by atoms with Crippen LogP contribution in [0.3, 0.4) is 0 Å². The number of amides is 1. The average molecular weight is 322 g/mol. The lowest BCUT2D eigenvalue weighted by Crippen LogP contribution is -2.23. The smallest absolute Gasteiger partial charge is 0.227 e. The molecule has 124 valence electrons. The molecular weight excluding hydrogens is 300 g/mol. The third-order valence-corrected chi connectivity index (χ3v) is 3.83. The molecule has 0 saturated heterocycles. The van der Waals surface area contributed by atoms with Crippen molar-refractivity contribution in [1.29, 1.82) is 0 Å². The van der Waals surface area contributed by atoms with Gasteiger partial charge in [0.25, 0.3) is 0 Å². The van der Waals surface area contributed by atoms with Crippen molar-refractivity contribution in [3.8, 4) is 11.5 Å². The Bertz CT molecular complexity index is 848. The zero-order valence-electron chi connectivity index (χ0n) is 14.3. The van der Waals surface area contributed by atoms with E-state index in [0.29, 0.717) is 24.8 Å². The Morgan fingerprint density at radius 3 is 2.62 bits per heavy atom. The largest absolute Gasteiger partial charge is 0.436 e. The van der Waals surface area contributed by atoms with E-state index in [0.717, 1.165) is 27.8 Å². The number of oxazole rings is 1. The third kappa shape index (κ3) is 3.82. The molecule has 1 heterocycles. The first kappa shape index (κ1) is 16.2. The molecule has 0 aliphatic carbocycles. The van der Waals surface area contributed by atoms with Crippen LogP contribution in [-0.2, 0) is 11.3 Å². The summed E-state index contributed by atoms with van der Waals surface area (Å²) in [5.41, 5.74) is 4.80. The van der Waals surface area contributed by atoms with Crippen LogP contribution >= 0.6 is 0 Å². The van der Waals surface area contributed by atoms with Crippen LogP contribution in [0.2, 0.25) is 0 Å². The molecule has 4 nitrogen and oxygen atoms in total. The predicted octanol–water partition coefficient (Wildman–Crippen LogP) is 4.47. The Morgan fingerprint density at radius 2 is 1.92 bits per heavy atom. The Labute approximate surface area is 141 Å². The van der Waals surface area contributed by atoms with Crippen molar-refractivity contribution in [2.45, 2.75) is 33.7 Å². The van der Waals surface area contributed by atoms with Crippen molar-refractivity contribution < 1.29 is 9.21 Å². The summed E-state index contributed by atoms with van der Waals surface area (Å²) in [6.07, 6.45) is 0.556. The first-order valence-corrected chi connectivity index (χ1v) is 8.24. The summed E-state index contributed by atoms with van der Waals surface area (Å²) in [7, 11) is 0. The van der Waals surface area contributed by atoms with Crippen molar-refractivity contribution in [2.24, 2.45) is 5.92 Å². The Balaban J connectivity index is 1.70. The van der Waals surface area contributed by atoms with Crippen molar-refractivity contribution in [3.05, 3.63) is 53.6 Å². The number of nitrogens with one attached hydrogen (secondary N) is 1. The van der Waals surface area contributed by atoms with Crippen LogP contribution in [0.25, 0.3) is 22.6 Å². The number of carbonyl (C=O) groups is 1. The minimum absolute atomic E-state index is 0.0865. The van der Waals surface area contributed by atoms with E-state index in [1.165, 1.54) is 0 Å². The molecule has 0 unspecified atom stereocenters. The summed E-state index contributed by atoms with van der Waals surface area (Å²) in [5.74, 6) is 1.07. The maximum Gasteiger partial charge on any atom is 0.227 e. The first-order valence-electron chi connectivity index (χ1n) is 8.24. The molecule has 1 amide bonds.